The van der Waals surface area contributed by atoms with Gasteiger partial charge in [-0.05, 0) is 42.0 Å². The van der Waals surface area contributed by atoms with Gasteiger partial charge in [0.25, 0.3) is 5.91 Å². The van der Waals surface area contributed by atoms with Crippen LogP contribution in [0.1, 0.15) is 27.5 Å². The lowest BCUT2D eigenvalue weighted by atomic mass is 9.95. The SMILES string of the molecule is O=C1CN(C(=O)c2ccc3c(c2)OCO3)[C@H](c2ccccc2)c2cc(Cl)ccc2N1. The van der Waals surface area contributed by atoms with Gasteiger partial charge in [-0.2, -0.15) is 0 Å². The number of amides is 2. The molecule has 150 valence electrons. The van der Waals surface area contributed by atoms with E-state index in [1.807, 2.05) is 30.3 Å². The summed E-state index contributed by atoms with van der Waals surface area (Å²) in [5, 5.41) is 3.42. The van der Waals surface area contributed by atoms with E-state index in [0.717, 1.165) is 11.1 Å². The number of benzene rings is 3. The fourth-order valence-electron chi connectivity index (χ4n) is 3.86. The summed E-state index contributed by atoms with van der Waals surface area (Å²) >= 11 is 6.28. The topological polar surface area (TPSA) is 67.9 Å². The first-order chi connectivity index (χ1) is 14.6. The van der Waals surface area contributed by atoms with Crippen LogP contribution in [0, 0.1) is 0 Å². The van der Waals surface area contributed by atoms with Gasteiger partial charge in [-0.3, -0.25) is 9.59 Å². The van der Waals surface area contributed by atoms with Gasteiger partial charge in [0.2, 0.25) is 12.7 Å². The van der Waals surface area contributed by atoms with E-state index in [-0.39, 0.29) is 25.2 Å². The van der Waals surface area contributed by atoms with Gasteiger partial charge in [-0.15, -0.1) is 0 Å². The number of hydrogen-bond acceptors (Lipinski definition) is 4. The summed E-state index contributed by atoms with van der Waals surface area (Å²) in [7, 11) is 0. The molecule has 30 heavy (non-hydrogen) atoms. The minimum Gasteiger partial charge on any atom is -0.454 e. The number of hydrogen-bond donors (Lipinski definition) is 1. The predicted molar refractivity (Wildman–Crippen MR) is 112 cm³/mol. The molecule has 0 spiro atoms. The van der Waals surface area contributed by atoms with E-state index >= 15 is 0 Å². The van der Waals surface area contributed by atoms with Crippen molar-refractivity contribution in [3.63, 3.8) is 0 Å². The molecule has 0 aromatic heterocycles. The zero-order chi connectivity index (χ0) is 20.7. The van der Waals surface area contributed by atoms with Crippen LogP contribution in [0.3, 0.4) is 0 Å². The summed E-state index contributed by atoms with van der Waals surface area (Å²) in [6, 6.07) is 19.4. The number of rotatable bonds is 2. The molecule has 1 atom stereocenters. The molecular weight excluding hydrogens is 404 g/mol. The molecular formula is C23H17ClN2O4. The zero-order valence-corrected chi connectivity index (χ0v) is 16.6. The van der Waals surface area contributed by atoms with Crippen LogP contribution in [0.2, 0.25) is 5.02 Å². The number of anilines is 1. The van der Waals surface area contributed by atoms with Crippen molar-refractivity contribution in [1.82, 2.24) is 4.90 Å². The van der Waals surface area contributed by atoms with Gasteiger partial charge < -0.3 is 19.7 Å². The third-order valence-electron chi connectivity index (χ3n) is 5.20. The molecule has 0 aliphatic carbocycles. The van der Waals surface area contributed by atoms with Gasteiger partial charge in [-0.25, -0.2) is 0 Å². The van der Waals surface area contributed by atoms with E-state index in [1.165, 1.54) is 0 Å². The summed E-state index contributed by atoms with van der Waals surface area (Å²) < 4.78 is 10.8. The Balaban J connectivity index is 1.64. The molecule has 0 fully saturated rings. The number of fused-ring (bicyclic) bond motifs is 2. The van der Waals surface area contributed by atoms with E-state index < -0.39 is 6.04 Å². The highest BCUT2D eigenvalue weighted by Crippen LogP contribution is 2.39. The Hall–Kier alpha value is -3.51. The van der Waals surface area contributed by atoms with Crippen LogP contribution in [0.25, 0.3) is 0 Å². The highest BCUT2D eigenvalue weighted by Gasteiger charge is 2.34. The molecule has 2 aliphatic heterocycles. The number of ether oxygens (including phenoxy) is 2. The Kier molecular flexibility index (Phi) is 4.56. The van der Waals surface area contributed by atoms with Crippen LogP contribution in [0.4, 0.5) is 5.69 Å². The lowest BCUT2D eigenvalue weighted by molar-refractivity contribution is -0.117. The number of halogens is 1. The number of carbonyl (C=O) groups is 2. The molecule has 3 aromatic carbocycles. The van der Waals surface area contributed by atoms with Crippen molar-refractivity contribution in [3.8, 4) is 11.5 Å². The molecule has 0 saturated carbocycles. The average molecular weight is 421 g/mol. The largest absolute Gasteiger partial charge is 0.454 e. The van der Waals surface area contributed by atoms with Crippen molar-refractivity contribution >= 4 is 29.1 Å². The number of carbonyl (C=O) groups excluding carboxylic acids is 2. The monoisotopic (exact) mass is 420 g/mol. The van der Waals surface area contributed by atoms with Gasteiger partial charge in [0.15, 0.2) is 11.5 Å². The van der Waals surface area contributed by atoms with Crippen molar-refractivity contribution in [1.29, 1.82) is 0 Å². The molecule has 0 bridgehead atoms. The first-order valence-corrected chi connectivity index (χ1v) is 9.83. The predicted octanol–water partition coefficient (Wildman–Crippen LogP) is 4.25. The smallest absolute Gasteiger partial charge is 0.255 e. The summed E-state index contributed by atoms with van der Waals surface area (Å²) in [5.74, 6) is 0.549. The molecule has 6 nitrogen and oxygen atoms in total. The molecule has 0 unspecified atom stereocenters. The van der Waals surface area contributed by atoms with Crippen molar-refractivity contribution in [2.24, 2.45) is 0 Å². The normalized spacial score (nSPS) is 17.2. The summed E-state index contributed by atoms with van der Waals surface area (Å²) in [4.78, 5) is 27.8. The highest BCUT2D eigenvalue weighted by molar-refractivity contribution is 6.30. The van der Waals surface area contributed by atoms with Crippen LogP contribution >= 0.6 is 11.6 Å². The maximum Gasteiger partial charge on any atom is 0.255 e. The molecule has 0 saturated heterocycles. The Morgan fingerprint density at radius 2 is 1.80 bits per heavy atom. The van der Waals surface area contributed by atoms with Crippen molar-refractivity contribution < 1.29 is 19.1 Å². The van der Waals surface area contributed by atoms with Crippen LogP contribution in [-0.2, 0) is 4.79 Å². The Morgan fingerprint density at radius 1 is 1.00 bits per heavy atom. The maximum absolute atomic E-state index is 13.6. The third kappa shape index (κ3) is 3.25. The number of nitrogens with zero attached hydrogens (tertiary/aromatic N) is 1. The lowest BCUT2D eigenvalue weighted by Crippen LogP contribution is -2.39. The molecule has 2 amide bonds. The van der Waals surface area contributed by atoms with Gasteiger partial charge in [0.05, 0.1) is 6.04 Å². The van der Waals surface area contributed by atoms with Gasteiger partial charge in [-0.1, -0.05) is 41.9 Å². The van der Waals surface area contributed by atoms with E-state index in [2.05, 4.69) is 5.32 Å². The lowest BCUT2D eigenvalue weighted by Gasteiger charge is -2.30. The van der Waals surface area contributed by atoms with Gasteiger partial charge in [0.1, 0.15) is 6.54 Å². The Labute approximate surface area is 178 Å². The Bertz CT molecular complexity index is 1150. The third-order valence-corrected chi connectivity index (χ3v) is 5.44. The first-order valence-electron chi connectivity index (χ1n) is 9.45. The Morgan fingerprint density at radius 3 is 2.63 bits per heavy atom. The summed E-state index contributed by atoms with van der Waals surface area (Å²) in [5.41, 5.74) is 2.69. The molecule has 3 aromatic rings. The second-order valence-electron chi connectivity index (χ2n) is 7.09. The van der Waals surface area contributed by atoms with E-state index in [4.69, 9.17) is 21.1 Å². The van der Waals surface area contributed by atoms with Crippen LogP contribution in [-0.4, -0.2) is 30.1 Å². The quantitative estimate of drug-likeness (QED) is 0.673. The fraction of sp³-hybridized carbons (Fsp3) is 0.130. The van der Waals surface area contributed by atoms with Crippen LogP contribution < -0.4 is 14.8 Å². The minimum atomic E-state index is -0.489. The van der Waals surface area contributed by atoms with Crippen molar-refractivity contribution in [2.75, 3.05) is 18.7 Å². The summed E-state index contributed by atoms with van der Waals surface area (Å²) in [6.07, 6.45) is 0. The average Bonchev–Trinajstić information content (AvgIpc) is 3.17. The minimum absolute atomic E-state index is 0.0981. The van der Waals surface area contributed by atoms with Gasteiger partial charge in [0, 0.05) is 21.8 Å². The second kappa shape index (κ2) is 7.39. The first kappa shape index (κ1) is 18.5. The molecule has 2 heterocycles. The number of nitrogens with one attached hydrogen (secondary N) is 1. The molecule has 5 rings (SSSR count). The standard InChI is InChI=1S/C23H17ClN2O4/c24-16-7-8-18-17(11-16)22(14-4-2-1-3-5-14)26(12-21(27)25-18)23(28)15-6-9-19-20(10-15)30-13-29-19/h1-11,22H,12-13H2,(H,25,27)/t22-/m1/s1. The molecule has 1 N–H and O–H groups in total. The van der Waals surface area contributed by atoms with Crippen molar-refractivity contribution in [3.05, 3.63) is 88.4 Å². The maximum atomic E-state index is 13.6. The van der Waals surface area contributed by atoms with Gasteiger partial charge >= 0.3 is 0 Å². The summed E-state index contributed by atoms with van der Waals surface area (Å²) in [6.45, 7) is 0.0246. The van der Waals surface area contributed by atoms with E-state index in [9.17, 15) is 9.59 Å². The van der Waals surface area contributed by atoms with Crippen LogP contribution in [0.15, 0.2) is 66.7 Å². The molecule has 2 aliphatic rings. The van der Waals surface area contributed by atoms with E-state index in [1.54, 1.807) is 41.3 Å². The molecule has 7 heteroatoms. The fourth-order valence-corrected chi connectivity index (χ4v) is 4.04. The van der Waals surface area contributed by atoms with E-state index in [0.29, 0.717) is 27.8 Å². The zero-order valence-electron chi connectivity index (χ0n) is 15.8. The second-order valence-corrected chi connectivity index (χ2v) is 7.53. The van der Waals surface area contributed by atoms with Crippen molar-refractivity contribution in [2.45, 2.75) is 6.04 Å². The highest BCUT2D eigenvalue weighted by atomic mass is 35.5. The molecule has 0 radical (unpaired) electrons. The van der Waals surface area contributed by atoms with Crippen LogP contribution in [0.5, 0.6) is 11.5 Å².